The highest BCUT2D eigenvalue weighted by atomic mass is 16.3. The number of rotatable bonds is 4. The molecule has 0 saturated carbocycles. The number of aliphatic imine (C=N–C) groups is 1. The first kappa shape index (κ1) is 14.8. The third kappa shape index (κ3) is 4.51. The minimum absolute atomic E-state index is 0.106. The second-order valence-electron chi connectivity index (χ2n) is 5.29. The second-order valence-corrected chi connectivity index (χ2v) is 5.29. The van der Waals surface area contributed by atoms with E-state index in [4.69, 9.17) is 5.73 Å². The van der Waals surface area contributed by atoms with Crippen molar-refractivity contribution in [2.45, 2.75) is 32.0 Å². The van der Waals surface area contributed by atoms with Gasteiger partial charge in [0.25, 0.3) is 0 Å². The van der Waals surface area contributed by atoms with Gasteiger partial charge in [-0.05, 0) is 24.0 Å². The van der Waals surface area contributed by atoms with Gasteiger partial charge in [0.2, 0.25) is 0 Å². The third-order valence-electron chi connectivity index (χ3n) is 3.70. The van der Waals surface area contributed by atoms with Gasteiger partial charge >= 0.3 is 0 Å². The topological polar surface area (TPSA) is 73.9 Å². The maximum atomic E-state index is 9.50. The van der Waals surface area contributed by atoms with Crippen molar-refractivity contribution < 1.29 is 5.11 Å². The summed E-state index contributed by atoms with van der Waals surface area (Å²) < 4.78 is 0. The van der Waals surface area contributed by atoms with Crippen molar-refractivity contribution in [2.75, 3.05) is 20.1 Å². The van der Waals surface area contributed by atoms with Gasteiger partial charge < -0.3 is 16.2 Å². The Morgan fingerprint density at radius 1 is 1.30 bits per heavy atom. The molecular formula is C15H24N4O. The van der Waals surface area contributed by atoms with Gasteiger partial charge in [-0.1, -0.05) is 24.3 Å². The highest BCUT2D eigenvalue weighted by molar-refractivity contribution is 5.77. The summed E-state index contributed by atoms with van der Waals surface area (Å²) in [7, 11) is 1.67. The lowest BCUT2D eigenvalue weighted by atomic mass is 10.1. The zero-order chi connectivity index (χ0) is 14.4. The molecule has 1 saturated heterocycles. The van der Waals surface area contributed by atoms with Crippen molar-refractivity contribution in [1.29, 1.82) is 0 Å². The van der Waals surface area contributed by atoms with Gasteiger partial charge in [0, 0.05) is 33.2 Å². The summed E-state index contributed by atoms with van der Waals surface area (Å²) in [6.07, 6.45) is 1.67. The molecule has 1 aromatic rings. The number of aliphatic hydroxyl groups excluding tert-OH is 1. The van der Waals surface area contributed by atoms with Crippen LogP contribution in [-0.4, -0.2) is 42.2 Å². The van der Waals surface area contributed by atoms with Crippen molar-refractivity contribution in [3.8, 4) is 0 Å². The van der Waals surface area contributed by atoms with E-state index in [1.807, 2.05) is 0 Å². The van der Waals surface area contributed by atoms with Crippen LogP contribution in [0.2, 0.25) is 0 Å². The predicted molar refractivity (Wildman–Crippen MR) is 81.3 cm³/mol. The SMILES string of the molecule is CN=C(N)NCc1ccc(CN2CCC(O)CC2)cc1. The van der Waals surface area contributed by atoms with Gasteiger partial charge in [0.15, 0.2) is 5.96 Å². The van der Waals surface area contributed by atoms with Gasteiger partial charge in [-0.3, -0.25) is 9.89 Å². The van der Waals surface area contributed by atoms with Crippen LogP contribution < -0.4 is 11.1 Å². The molecule has 0 bridgehead atoms. The van der Waals surface area contributed by atoms with Crippen LogP contribution >= 0.6 is 0 Å². The maximum absolute atomic E-state index is 9.50. The van der Waals surface area contributed by atoms with Crippen LogP contribution in [0.3, 0.4) is 0 Å². The Kier molecular flexibility index (Phi) is 5.38. The average molecular weight is 276 g/mol. The summed E-state index contributed by atoms with van der Waals surface area (Å²) in [6, 6.07) is 8.54. The van der Waals surface area contributed by atoms with Crippen molar-refractivity contribution in [3.63, 3.8) is 0 Å². The van der Waals surface area contributed by atoms with Crippen LogP contribution in [0.5, 0.6) is 0 Å². The maximum Gasteiger partial charge on any atom is 0.188 e. The molecule has 5 nitrogen and oxygen atoms in total. The smallest absolute Gasteiger partial charge is 0.188 e. The van der Waals surface area contributed by atoms with E-state index in [0.29, 0.717) is 12.5 Å². The van der Waals surface area contributed by atoms with Crippen LogP contribution in [0.25, 0.3) is 0 Å². The molecule has 0 atom stereocenters. The fraction of sp³-hybridized carbons (Fsp3) is 0.533. The number of nitrogens with two attached hydrogens (primary N) is 1. The van der Waals surface area contributed by atoms with E-state index in [0.717, 1.165) is 32.5 Å². The van der Waals surface area contributed by atoms with Crippen molar-refractivity contribution in [1.82, 2.24) is 10.2 Å². The quantitative estimate of drug-likeness (QED) is 0.558. The Morgan fingerprint density at radius 3 is 2.50 bits per heavy atom. The van der Waals surface area contributed by atoms with Crippen LogP contribution in [-0.2, 0) is 13.1 Å². The van der Waals surface area contributed by atoms with E-state index in [9.17, 15) is 5.11 Å². The largest absolute Gasteiger partial charge is 0.393 e. The molecule has 1 aliphatic rings. The normalized spacial score (nSPS) is 18.2. The zero-order valence-corrected chi connectivity index (χ0v) is 12.0. The average Bonchev–Trinajstić information content (AvgIpc) is 2.48. The summed E-state index contributed by atoms with van der Waals surface area (Å²) >= 11 is 0. The zero-order valence-electron chi connectivity index (χ0n) is 12.0. The molecule has 1 aliphatic heterocycles. The molecule has 0 unspecified atom stereocenters. The van der Waals surface area contributed by atoms with Crippen molar-refractivity contribution in [2.24, 2.45) is 10.7 Å². The van der Waals surface area contributed by atoms with Crippen LogP contribution in [0.15, 0.2) is 29.3 Å². The molecule has 1 aromatic carbocycles. The lowest BCUT2D eigenvalue weighted by Crippen LogP contribution is -2.35. The minimum atomic E-state index is -0.106. The van der Waals surface area contributed by atoms with E-state index in [2.05, 4.69) is 39.5 Å². The number of likely N-dealkylation sites (tertiary alicyclic amines) is 1. The molecule has 1 heterocycles. The van der Waals surface area contributed by atoms with Gasteiger partial charge in [0.05, 0.1) is 6.10 Å². The number of hydrogen-bond acceptors (Lipinski definition) is 3. The Labute approximate surface area is 120 Å². The highest BCUT2D eigenvalue weighted by Crippen LogP contribution is 2.14. The van der Waals surface area contributed by atoms with Gasteiger partial charge in [-0.2, -0.15) is 0 Å². The number of guanidine groups is 1. The van der Waals surface area contributed by atoms with Crippen LogP contribution in [0.1, 0.15) is 24.0 Å². The summed E-state index contributed by atoms with van der Waals surface area (Å²) in [5, 5.41) is 12.5. The number of hydrogen-bond donors (Lipinski definition) is 3. The first-order valence-corrected chi connectivity index (χ1v) is 7.11. The number of benzene rings is 1. The molecule has 4 N–H and O–H groups in total. The number of nitrogens with zero attached hydrogens (tertiary/aromatic N) is 2. The number of nitrogens with one attached hydrogen (secondary N) is 1. The van der Waals surface area contributed by atoms with E-state index in [1.165, 1.54) is 11.1 Å². The Balaban J connectivity index is 1.82. The van der Waals surface area contributed by atoms with E-state index >= 15 is 0 Å². The highest BCUT2D eigenvalue weighted by Gasteiger charge is 2.16. The summed E-state index contributed by atoms with van der Waals surface area (Å²) in [5.41, 5.74) is 8.09. The molecule has 20 heavy (non-hydrogen) atoms. The first-order valence-electron chi connectivity index (χ1n) is 7.11. The Morgan fingerprint density at radius 2 is 1.90 bits per heavy atom. The lowest BCUT2D eigenvalue weighted by molar-refractivity contribution is 0.0792. The number of piperidine rings is 1. The lowest BCUT2D eigenvalue weighted by Gasteiger charge is -2.29. The summed E-state index contributed by atoms with van der Waals surface area (Å²) in [5.74, 6) is 0.459. The molecule has 0 spiro atoms. The summed E-state index contributed by atoms with van der Waals surface area (Å²) in [6.45, 7) is 3.61. The molecule has 0 amide bonds. The molecule has 2 rings (SSSR count). The van der Waals surface area contributed by atoms with Gasteiger partial charge in [-0.15, -0.1) is 0 Å². The first-order chi connectivity index (χ1) is 9.67. The standard InChI is InChI=1S/C15H24N4O/c1-17-15(16)18-10-12-2-4-13(5-3-12)11-19-8-6-14(20)7-9-19/h2-5,14,20H,6-11H2,1H3,(H3,16,17,18). The monoisotopic (exact) mass is 276 g/mol. The molecule has 110 valence electrons. The number of aliphatic hydroxyl groups is 1. The fourth-order valence-corrected chi connectivity index (χ4v) is 2.37. The van der Waals surface area contributed by atoms with Gasteiger partial charge in [0.1, 0.15) is 0 Å². The second kappa shape index (κ2) is 7.26. The van der Waals surface area contributed by atoms with E-state index in [1.54, 1.807) is 7.05 Å². The minimum Gasteiger partial charge on any atom is -0.393 e. The fourth-order valence-electron chi connectivity index (χ4n) is 2.37. The molecule has 0 aliphatic carbocycles. The Bertz CT molecular complexity index is 436. The van der Waals surface area contributed by atoms with E-state index in [-0.39, 0.29) is 6.10 Å². The van der Waals surface area contributed by atoms with Crippen molar-refractivity contribution >= 4 is 5.96 Å². The molecular weight excluding hydrogens is 252 g/mol. The van der Waals surface area contributed by atoms with Gasteiger partial charge in [-0.25, -0.2) is 0 Å². The van der Waals surface area contributed by atoms with Crippen LogP contribution in [0, 0.1) is 0 Å². The Hall–Kier alpha value is -1.59. The molecule has 0 radical (unpaired) electrons. The van der Waals surface area contributed by atoms with Crippen molar-refractivity contribution in [3.05, 3.63) is 35.4 Å². The summed E-state index contributed by atoms with van der Waals surface area (Å²) in [4.78, 5) is 6.25. The predicted octanol–water partition coefficient (Wildman–Crippen LogP) is 0.677. The van der Waals surface area contributed by atoms with Crippen LogP contribution in [0.4, 0.5) is 0 Å². The van der Waals surface area contributed by atoms with E-state index < -0.39 is 0 Å². The molecule has 0 aromatic heterocycles. The molecule has 5 heteroatoms. The third-order valence-corrected chi connectivity index (χ3v) is 3.70. The molecule has 1 fully saturated rings.